The summed E-state index contributed by atoms with van der Waals surface area (Å²) < 4.78 is 7.51. The number of anilines is 1. The van der Waals surface area contributed by atoms with Crippen molar-refractivity contribution in [3.05, 3.63) is 28.7 Å². The molecule has 0 spiro atoms. The van der Waals surface area contributed by atoms with E-state index >= 15 is 0 Å². The Balaban J connectivity index is 1.84. The molecule has 1 fully saturated rings. The maximum atomic E-state index is 11.7. The summed E-state index contributed by atoms with van der Waals surface area (Å²) in [7, 11) is 0. The second kappa shape index (κ2) is 7.45. The van der Waals surface area contributed by atoms with Crippen LogP contribution in [0.25, 0.3) is 0 Å². The Hall–Kier alpha value is -1.33. The number of rotatable bonds is 6. The van der Waals surface area contributed by atoms with Crippen LogP contribution in [-0.2, 0) is 11.3 Å². The largest absolute Gasteiger partial charge is 0.398 e. The first-order chi connectivity index (χ1) is 9.69. The second-order valence-electron chi connectivity index (χ2n) is 5.43. The summed E-state index contributed by atoms with van der Waals surface area (Å²) in [6, 6.07) is 3.17. The Morgan fingerprint density at radius 1 is 1.40 bits per heavy atom. The Bertz CT molecular complexity index is 472. The monoisotopic (exact) mass is 279 g/mol. The van der Waals surface area contributed by atoms with Crippen molar-refractivity contribution in [2.75, 3.05) is 32.0 Å². The minimum atomic E-state index is 0.00925. The van der Waals surface area contributed by atoms with Crippen LogP contribution in [0, 0.1) is 0 Å². The van der Waals surface area contributed by atoms with E-state index in [-0.39, 0.29) is 5.56 Å². The van der Waals surface area contributed by atoms with Crippen LogP contribution in [0.15, 0.2) is 23.1 Å². The van der Waals surface area contributed by atoms with Crippen LogP contribution in [0.1, 0.15) is 26.2 Å². The highest BCUT2D eigenvalue weighted by Gasteiger charge is 2.19. The second-order valence-corrected chi connectivity index (χ2v) is 5.43. The fourth-order valence-electron chi connectivity index (χ4n) is 2.61. The average Bonchev–Trinajstić information content (AvgIpc) is 2.46. The standard InChI is InChI=1S/C15H25N3O2/c1-2-10-20-14-4-3-7-17(12-14)8-9-18-11-13(16)5-6-15(18)19/h5-6,11,14H,2-4,7-10,12,16H2,1H3. The summed E-state index contributed by atoms with van der Waals surface area (Å²) in [4.78, 5) is 14.1. The number of hydrogen-bond acceptors (Lipinski definition) is 4. The zero-order valence-electron chi connectivity index (χ0n) is 12.3. The molecule has 0 saturated carbocycles. The van der Waals surface area contributed by atoms with Crippen molar-refractivity contribution in [1.29, 1.82) is 0 Å². The van der Waals surface area contributed by atoms with E-state index < -0.39 is 0 Å². The maximum absolute atomic E-state index is 11.7. The molecule has 0 amide bonds. The van der Waals surface area contributed by atoms with E-state index in [1.165, 1.54) is 12.5 Å². The maximum Gasteiger partial charge on any atom is 0.250 e. The third-order valence-corrected chi connectivity index (χ3v) is 3.68. The number of ether oxygens (including phenoxy) is 1. The molecule has 1 aliphatic heterocycles. The molecule has 2 rings (SSSR count). The molecule has 0 radical (unpaired) electrons. The van der Waals surface area contributed by atoms with Crippen LogP contribution in [0.5, 0.6) is 0 Å². The number of nitrogens with two attached hydrogens (primary N) is 1. The van der Waals surface area contributed by atoms with Gasteiger partial charge in [0.25, 0.3) is 5.56 Å². The summed E-state index contributed by atoms with van der Waals surface area (Å²) in [5.74, 6) is 0. The molecule has 0 bridgehead atoms. The van der Waals surface area contributed by atoms with Gasteiger partial charge in [0, 0.05) is 44.2 Å². The van der Waals surface area contributed by atoms with E-state index in [0.29, 0.717) is 18.3 Å². The van der Waals surface area contributed by atoms with Crippen LogP contribution in [-0.4, -0.2) is 41.8 Å². The lowest BCUT2D eigenvalue weighted by Gasteiger charge is -2.32. The predicted octanol–water partition coefficient (Wildman–Crippen LogP) is 1.32. The number of hydrogen-bond donors (Lipinski definition) is 1. The Morgan fingerprint density at radius 2 is 2.25 bits per heavy atom. The van der Waals surface area contributed by atoms with E-state index in [0.717, 1.165) is 39.1 Å². The normalized spacial score (nSPS) is 20.1. The number of aromatic nitrogens is 1. The molecule has 5 nitrogen and oxygen atoms in total. The van der Waals surface area contributed by atoms with Gasteiger partial charge in [-0.05, 0) is 31.9 Å². The zero-order valence-corrected chi connectivity index (χ0v) is 12.3. The Morgan fingerprint density at radius 3 is 3.05 bits per heavy atom. The van der Waals surface area contributed by atoms with Crippen LogP contribution in [0.2, 0.25) is 0 Å². The molecule has 2 heterocycles. The number of nitrogen functional groups attached to an aromatic ring is 1. The van der Waals surface area contributed by atoms with E-state index in [4.69, 9.17) is 10.5 Å². The lowest BCUT2D eigenvalue weighted by molar-refractivity contribution is -0.000811. The molecule has 0 aromatic carbocycles. The van der Waals surface area contributed by atoms with Gasteiger partial charge in [-0.15, -0.1) is 0 Å². The molecule has 0 aliphatic carbocycles. The molecule has 1 aliphatic rings. The van der Waals surface area contributed by atoms with Crippen LogP contribution in [0.4, 0.5) is 5.69 Å². The summed E-state index contributed by atoms with van der Waals surface area (Å²) in [6.45, 7) is 6.58. The highest BCUT2D eigenvalue weighted by atomic mass is 16.5. The highest BCUT2D eigenvalue weighted by molar-refractivity contribution is 5.33. The Labute approximate surface area is 120 Å². The van der Waals surface area contributed by atoms with Crippen molar-refractivity contribution in [2.24, 2.45) is 0 Å². The Kier molecular flexibility index (Phi) is 5.61. The smallest absolute Gasteiger partial charge is 0.250 e. The van der Waals surface area contributed by atoms with Crippen LogP contribution in [0.3, 0.4) is 0 Å². The molecule has 1 unspecified atom stereocenters. The molecule has 1 aromatic heterocycles. The van der Waals surface area contributed by atoms with Gasteiger partial charge >= 0.3 is 0 Å². The summed E-state index contributed by atoms with van der Waals surface area (Å²) in [5.41, 5.74) is 6.36. The molecular weight excluding hydrogens is 254 g/mol. The lowest BCUT2D eigenvalue weighted by Crippen LogP contribution is -2.41. The van der Waals surface area contributed by atoms with E-state index in [1.54, 1.807) is 16.8 Å². The van der Waals surface area contributed by atoms with Crippen LogP contribution >= 0.6 is 0 Å². The topological polar surface area (TPSA) is 60.5 Å². The average molecular weight is 279 g/mol. The highest BCUT2D eigenvalue weighted by Crippen LogP contribution is 2.13. The van der Waals surface area contributed by atoms with Crippen molar-refractivity contribution in [3.8, 4) is 0 Å². The molecule has 2 N–H and O–H groups in total. The first-order valence-electron chi connectivity index (χ1n) is 7.49. The fraction of sp³-hybridized carbons (Fsp3) is 0.667. The van der Waals surface area contributed by atoms with Gasteiger partial charge in [0.1, 0.15) is 0 Å². The first-order valence-corrected chi connectivity index (χ1v) is 7.49. The fourth-order valence-corrected chi connectivity index (χ4v) is 2.61. The van der Waals surface area contributed by atoms with Crippen LogP contribution < -0.4 is 11.3 Å². The third-order valence-electron chi connectivity index (χ3n) is 3.68. The molecule has 112 valence electrons. The lowest BCUT2D eigenvalue weighted by atomic mass is 10.1. The zero-order chi connectivity index (χ0) is 14.4. The SMILES string of the molecule is CCCOC1CCCN(CCn2cc(N)ccc2=O)C1. The van der Waals surface area contributed by atoms with Crippen molar-refractivity contribution < 1.29 is 4.74 Å². The molecule has 1 atom stereocenters. The van der Waals surface area contributed by atoms with E-state index in [9.17, 15) is 4.79 Å². The summed E-state index contributed by atoms with van der Waals surface area (Å²) >= 11 is 0. The molecule has 20 heavy (non-hydrogen) atoms. The van der Waals surface area contributed by atoms with Gasteiger partial charge in [-0.25, -0.2) is 0 Å². The summed E-state index contributed by atoms with van der Waals surface area (Å²) in [6.07, 6.45) is 5.45. The minimum Gasteiger partial charge on any atom is -0.398 e. The van der Waals surface area contributed by atoms with Gasteiger partial charge in [-0.2, -0.15) is 0 Å². The van der Waals surface area contributed by atoms with Gasteiger partial charge in [0.2, 0.25) is 0 Å². The molecule has 1 saturated heterocycles. The number of likely N-dealkylation sites (tertiary alicyclic amines) is 1. The van der Waals surface area contributed by atoms with Gasteiger partial charge in [-0.1, -0.05) is 6.92 Å². The third kappa shape index (κ3) is 4.35. The van der Waals surface area contributed by atoms with Gasteiger partial charge in [0.15, 0.2) is 0 Å². The van der Waals surface area contributed by atoms with Crippen molar-refractivity contribution in [1.82, 2.24) is 9.47 Å². The van der Waals surface area contributed by atoms with Gasteiger partial charge < -0.3 is 15.0 Å². The predicted molar refractivity (Wildman–Crippen MR) is 80.8 cm³/mol. The number of nitrogens with zero attached hydrogens (tertiary/aromatic N) is 2. The minimum absolute atomic E-state index is 0.00925. The molecule has 1 aromatic rings. The number of pyridine rings is 1. The van der Waals surface area contributed by atoms with E-state index in [2.05, 4.69) is 11.8 Å². The van der Waals surface area contributed by atoms with Crippen molar-refractivity contribution in [3.63, 3.8) is 0 Å². The molecular formula is C15H25N3O2. The first kappa shape index (κ1) is 15.1. The van der Waals surface area contributed by atoms with Gasteiger partial charge in [0.05, 0.1) is 6.10 Å². The quantitative estimate of drug-likeness (QED) is 0.853. The van der Waals surface area contributed by atoms with Crippen molar-refractivity contribution >= 4 is 5.69 Å². The van der Waals surface area contributed by atoms with E-state index in [1.807, 2.05) is 0 Å². The molecule has 5 heteroatoms. The van der Waals surface area contributed by atoms with Gasteiger partial charge in [-0.3, -0.25) is 9.69 Å². The number of piperidine rings is 1. The summed E-state index contributed by atoms with van der Waals surface area (Å²) in [5, 5.41) is 0. The van der Waals surface area contributed by atoms with Crippen molar-refractivity contribution in [2.45, 2.75) is 38.8 Å².